The van der Waals surface area contributed by atoms with E-state index in [9.17, 15) is 0 Å². The number of hydrogen-bond donors (Lipinski definition) is 0. The molecular formula is C9H17N. The lowest BCUT2D eigenvalue weighted by Gasteiger charge is -2.33. The van der Waals surface area contributed by atoms with Gasteiger partial charge in [0.1, 0.15) is 0 Å². The van der Waals surface area contributed by atoms with Crippen molar-refractivity contribution in [2.75, 3.05) is 7.05 Å². The first-order valence-corrected chi connectivity index (χ1v) is 4.02. The van der Waals surface area contributed by atoms with Gasteiger partial charge in [0.15, 0.2) is 0 Å². The number of nitrogens with zero attached hydrogens (tertiary/aromatic N) is 1. The van der Waals surface area contributed by atoms with E-state index >= 15 is 0 Å². The third-order valence-corrected chi connectivity index (χ3v) is 2.74. The zero-order valence-corrected chi connectivity index (χ0v) is 7.44. The maximum Gasteiger partial charge on any atom is 0.0258 e. The first kappa shape index (κ1) is 7.64. The minimum absolute atomic E-state index is 0.740. The molecule has 1 aliphatic heterocycles. The predicted octanol–water partition coefficient (Wildman–Crippen LogP) is 2.39. The molecule has 0 fully saturated rings. The second-order valence-electron chi connectivity index (χ2n) is 3.36. The lowest BCUT2D eigenvalue weighted by Crippen LogP contribution is -2.31. The summed E-state index contributed by atoms with van der Waals surface area (Å²) in [5.41, 5.74) is 3.03. The van der Waals surface area contributed by atoms with Crippen LogP contribution in [-0.4, -0.2) is 18.0 Å². The molecule has 0 aromatic rings. The monoisotopic (exact) mass is 139 g/mol. The van der Waals surface area contributed by atoms with Crippen molar-refractivity contribution in [2.45, 2.75) is 39.7 Å². The minimum atomic E-state index is 0.740. The molecule has 0 radical (unpaired) electrons. The fourth-order valence-electron chi connectivity index (χ4n) is 1.43. The molecule has 58 valence electrons. The molecule has 1 heteroatoms. The van der Waals surface area contributed by atoms with Gasteiger partial charge in [-0.1, -0.05) is 5.57 Å². The average molecular weight is 139 g/mol. The SMILES string of the molecule is CC1=C(C)N(C)C(C)CC1. The first-order valence-electron chi connectivity index (χ1n) is 4.02. The fraction of sp³-hybridized carbons (Fsp3) is 0.778. The average Bonchev–Trinajstić information content (AvgIpc) is 1.93. The molecule has 0 N–H and O–H groups in total. The van der Waals surface area contributed by atoms with E-state index in [0.29, 0.717) is 0 Å². The number of allylic oxidation sites excluding steroid dienone is 2. The van der Waals surface area contributed by atoms with Gasteiger partial charge in [0.25, 0.3) is 0 Å². The molecule has 1 aliphatic rings. The highest BCUT2D eigenvalue weighted by molar-refractivity contribution is 5.12. The van der Waals surface area contributed by atoms with Crippen molar-refractivity contribution in [3.63, 3.8) is 0 Å². The Morgan fingerprint density at radius 2 is 2.00 bits per heavy atom. The molecule has 1 heterocycles. The second kappa shape index (κ2) is 2.65. The molecule has 0 aliphatic carbocycles. The van der Waals surface area contributed by atoms with Crippen LogP contribution in [0.3, 0.4) is 0 Å². The molecule has 1 nitrogen and oxygen atoms in total. The van der Waals surface area contributed by atoms with Crippen molar-refractivity contribution in [3.05, 3.63) is 11.3 Å². The van der Waals surface area contributed by atoms with E-state index < -0.39 is 0 Å². The lowest BCUT2D eigenvalue weighted by atomic mass is 9.99. The van der Waals surface area contributed by atoms with E-state index in [2.05, 4.69) is 32.7 Å². The molecule has 0 aromatic carbocycles. The summed E-state index contributed by atoms with van der Waals surface area (Å²) in [5.74, 6) is 0. The molecule has 0 saturated heterocycles. The van der Waals surface area contributed by atoms with Crippen LogP contribution < -0.4 is 0 Å². The van der Waals surface area contributed by atoms with Gasteiger partial charge in [0.2, 0.25) is 0 Å². The van der Waals surface area contributed by atoms with Crippen molar-refractivity contribution in [2.24, 2.45) is 0 Å². The highest BCUT2D eigenvalue weighted by Gasteiger charge is 2.16. The van der Waals surface area contributed by atoms with Crippen LogP contribution in [0.15, 0.2) is 11.3 Å². The van der Waals surface area contributed by atoms with Crippen LogP contribution in [0.1, 0.15) is 33.6 Å². The number of rotatable bonds is 0. The number of hydrogen-bond acceptors (Lipinski definition) is 1. The van der Waals surface area contributed by atoms with E-state index in [1.54, 1.807) is 5.57 Å². The van der Waals surface area contributed by atoms with Gasteiger partial charge in [-0.05, 0) is 33.6 Å². The molecular weight excluding hydrogens is 122 g/mol. The largest absolute Gasteiger partial charge is 0.375 e. The van der Waals surface area contributed by atoms with Crippen LogP contribution in [0, 0.1) is 0 Å². The van der Waals surface area contributed by atoms with E-state index in [1.807, 2.05) is 0 Å². The van der Waals surface area contributed by atoms with Gasteiger partial charge in [0.05, 0.1) is 0 Å². The maximum absolute atomic E-state index is 2.37. The highest BCUT2D eigenvalue weighted by atomic mass is 15.1. The summed E-state index contributed by atoms with van der Waals surface area (Å²) in [6, 6.07) is 0.740. The molecule has 0 bridgehead atoms. The van der Waals surface area contributed by atoms with Gasteiger partial charge >= 0.3 is 0 Å². The Bertz CT molecular complexity index is 158. The Balaban J connectivity index is 2.77. The molecule has 0 amide bonds. The van der Waals surface area contributed by atoms with Gasteiger partial charge in [0, 0.05) is 18.8 Å². The van der Waals surface area contributed by atoms with Gasteiger partial charge in [-0.25, -0.2) is 0 Å². The van der Waals surface area contributed by atoms with E-state index in [-0.39, 0.29) is 0 Å². The Morgan fingerprint density at radius 1 is 1.40 bits per heavy atom. The highest BCUT2D eigenvalue weighted by Crippen LogP contribution is 2.23. The van der Waals surface area contributed by atoms with Crippen LogP contribution in [0.2, 0.25) is 0 Å². The molecule has 0 aromatic heterocycles. The summed E-state index contributed by atoms with van der Waals surface area (Å²) in [6.07, 6.45) is 2.61. The molecule has 10 heavy (non-hydrogen) atoms. The van der Waals surface area contributed by atoms with E-state index in [0.717, 1.165) is 6.04 Å². The molecule has 1 rings (SSSR count). The Kier molecular flexibility index (Phi) is 2.02. The van der Waals surface area contributed by atoms with Crippen molar-refractivity contribution in [1.29, 1.82) is 0 Å². The lowest BCUT2D eigenvalue weighted by molar-refractivity contribution is 0.284. The Hall–Kier alpha value is -0.460. The van der Waals surface area contributed by atoms with E-state index in [1.165, 1.54) is 18.5 Å². The topological polar surface area (TPSA) is 3.24 Å². The van der Waals surface area contributed by atoms with Crippen molar-refractivity contribution in [3.8, 4) is 0 Å². The van der Waals surface area contributed by atoms with Crippen molar-refractivity contribution in [1.82, 2.24) is 4.90 Å². The summed E-state index contributed by atoms with van der Waals surface area (Å²) in [6.45, 7) is 6.73. The summed E-state index contributed by atoms with van der Waals surface area (Å²) >= 11 is 0. The van der Waals surface area contributed by atoms with Crippen LogP contribution in [0.5, 0.6) is 0 Å². The predicted molar refractivity (Wildman–Crippen MR) is 44.8 cm³/mol. The third-order valence-electron chi connectivity index (χ3n) is 2.74. The zero-order valence-electron chi connectivity index (χ0n) is 7.44. The Labute approximate surface area is 63.7 Å². The summed E-state index contributed by atoms with van der Waals surface area (Å²) in [7, 11) is 2.18. The molecule has 1 unspecified atom stereocenters. The Morgan fingerprint density at radius 3 is 2.50 bits per heavy atom. The molecule has 0 saturated carbocycles. The molecule has 0 spiro atoms. The van der Waals surface area contributed by atoms with Crippen molar-refractivity contribution < 1.29 is 0 Å². The third kappa shape index (κ3) is 1.18. The van der Waals surface area contributed by atoms with Gasteiger partial charge in [-0.15, -0.1) is 0 Å². The van der Waals surface area contributed by atoms with Crippen LogP contribution in [0.4, 0.5) is 0 Å². The molecule has 1 atom stereocenters. The van der Waals surface area contributed by atoms with Crippen LogP contribution >= 0.6 is 0 Å². The normalized spacial score (nSPS) is 27.6. The van der Waals surface area contributed by atoms with Gasteiger partial charge in [-0.2, -0.15) is 0 Å². The quantitative estimate of drug-likeness (QED) is 0.498. The summed E-state index contributed by atoms with van der Waals surface area (Å²) in [4.78, 5) is 2.37. The van der Waals surface area contributed by atoms with Gasteiger partial charge in [-0.3, -0.25) is 0 Å². The zero-order chi connectivity index (χ0) is 7.72. The first-order chi connectivity index (χ1) is 4.63. The van der Waals surface area contributed by atoms with Crippen LogP contribution in [0.25, 0.3) is 0 Å². The van der Waals surface area contributed by atoms with Crippen molar-refractivity contribution >= 4 is 0 Å². The minimum Gasteiger partial charge on any atom is -0.375 e. The van der Waals surface area contributed by atoms with E-state index in [4.69, 9.17) is 0 Å². The fourth-order valence-corrected chi connectivity index (χ4v) is 1.43. The van der Waals surface area contributed by atoms with Crippen LogP contribution in [-0.2, 0) is 0 Å². The summed E-state index contributed by atoms with van der Waals surface area (Å²) < 4.78 is 0. The second-order valence-corrected chi connectivity index (χ2v) is 3.36. The summed E-state index contributed by atoms with van der Waals surface area (Å²) in [5, 5.41) is 0. The smallest absolute Gasteiger partial charge is 0.0258 e. The standard InChI is InChI=1S/C9H17N/c1-7-5-6-8(2)10(4)9(7)3/h8H,5-6H2,1-4H3. The maximum atomic E-state index is 2.37. The van der Waals surface area contributed by atoms with Gasteiger partial charge < -0.3 is 4.90 Å².